The summed E-state index contributed by atoms with van der Waals surface area (Å²) in [4.78, 5) is 11.9. The molecule has 1 aromatic rings. The second kappa shape index (κ2) is 4.40. The Morgan fingerprint density at radius 2 is 2.24 bits per heavy atom. The third-order valence-electron chi connectivity index (χ3n) is 2.77. The Kier molecular flexibility index (Phi) is 3.24. The average molecular weight is 275 g/mol. The van der Waals surface area contributed by atoms with Gasteiger partial charge >= 0.3 is 5.97 Å². The number of aryl methyl sites for hydroxylation is 1. The van der Waals surface area contributed by atoms with Gasteiger partial charge in [0.05, 0.1) is 0 Å². The van der Waals surface area contributed by atoms with Gasteiger partial charge in [-0.25, -0.2) is 8.42 Å². The first-order chi connectivity index (χ1) is 7.93. The Labute approximate surface area is 104 Å². The van der Waals surface area contributed by atoms with Gasteiger partial charge < -0.3 is 5.11 Å². The average Bonchev–Trinajstić information content (AvgIpc) is 2.84. The first kappa shape index (κ1) is 12.5. The van der Waals surface area contributed by atoms with Gasteiger partial charge in [0.25, 0.3) is 10.0 Å². The van der Waals surface area contributed by atoms with Gasteiger partial charge in [-0.2, -0.15) is 4.31 Å². The lowest BCUT2D eigenvalue weighted by atomic mass is 10.2. The fraction of sp³-hybridized carbons (Fsp3) is 0.500. The van der Waals surface area contributed by atoms with E-state index in [0.29, 0.717) is 12.8 Å². The molecule has 2 heterocycles. The van der Waals surface area contributed by atoms with E-state index in [1.807, 2.05) is 6.92 Å². The summed E-state index contributed by atoms with van der Waals surface area (Å²) in [6.45, 7) is 2.11. The SMILES string of the molecule is Cc1ccc(S(=O)(=O)N2CCC[C@@H]2C(=O)O)s1. The summed E-state index contributed by atoms with van der Waals surface area (Å²) in [7, 11) is -3.64. The highest BCUT2D eigenvalue weighted by molar-refractivity contribution is 7.91. The number of carbonyl (C=O) groups is 1. The summed E-state index contributed by atoms with van der Waals surface area (Å²) in [5.74, 6) is -1.07. The van der Waals surface area contributed by atoms with Crippen LogP contribution in [-0.4, -0.2) is 36.4 Å². The lowest BCUT2D eigenvalue weighted by Gasteiger charge is -2.19. The van der Waals surface area contributed by atoms with Crippen LogP contribution >= 0.6 is 11.3 Å². The molecule has 1 aliphatic heterocycles. The number of carboxylic acid groups (broad SMARTS) is 1. The van der Waals surface area contributed by atoms with E-state index in [0.717, 1.165) is 9.18 Å². The summed E-state index contributed by atoms with van der Waals surface area (Å²) < 4.78 is 25.8. The minimum atomic E-state index is -3.64. The van der Waals surface area contributed by atoms with Gasteiger partial charge in [0.15, 0.2) is 0 Å². The molecule has 1 aromatic heterocycles. The standard InChI is InChI=1S/C10H13NO4S2/c1-7-4-5-9(16-7)17(14,15)11-6-2-3-8(11)10(12)13/h4-5,8H,2-3,6H2,1H3,(H,12,13)/t8-/m1/s1. The van der Waals surface area contributed by atoms with Gasteiger partial charge in [-0.05, 0) is 31.9 Å². The van der Waals surface area contributed by atoms with Crippen molar-refractivity contribution >= 4 is 27.3 Å². The van der Waals surface area contributed by atoms with Crippen molar-refractivity contribution in [2.75, 3.05) is 6.54 Å². The number of aliphatic carboxylic acids is 1. The zero-order valence-electron chi connectivity index (χ0n) is 9.29. The van der Waals surface area contributed by atoms with Crippen molar-refractivity contribution in [2.45, 2.75) is 30.0 Å². The van der Waals surface area contributed by atoms with Crippen molar-refractivity contribution in [2.24, 2.45) is 0 Å². The van der Waals surface area contributed by atoms with Crippen LogP contribution in [0.2, 0.25) is 0 Å². The van der Waals surface area contributed by atoms with Gasteiger partial charge in [0.1, 0.15) is 10.3 Å². The van der Waals surface area contributed by atoms with E-state index in [9.17, 15) is 13.2 Å². The van der Waals surface area contributed by atoms with Gasteiger partial charge in [-0.3, -0.25) is 4.79 Å². The van der Waals surface area contributed by atoms with E-state index < -0.39 is 22.0 Å². The van der Waals surface area contributed by atoms with Crippen LogP contribution < -0.4 is 0 Å². The quantitative estimate of drug-likeness (QED) is 0.902. The van der Waals surface area contributed by atoms with Crippen molar-refractivity contribution in [1.29, 1.82) is 0 Å². The van der Waals surface area contributed by atoms with Gasteiger partial charge in [-0.1, -0.05) is 0 Å². The summed E-state index contributed by atoms with van der Waals surface area (Å²) in [5.41, 5.74) is 0. The van der Waals surface area contributed by atoms with Crippen molar-refractivity contribution in [1.82, 2.24) is 4.31 Å². The highest BCUT2D eigenvalue weighted by atomic mass is 32.2. The summed E-state index contributed by atoms with van der Waals surface area (Å²) in [6, 6.07) is 2.35. The van der Waals surface area contributed by atoms with Crippen LogP contribution in [-0.2, 0) is 14.8 Å². The lowest BCUT2D eigenvalue weighted by Crippen LogP contribution is -2.40. The number of carboxylic acids is 1. The molecule has 0 radical (unpaired) electrons. The molecule has 1 saturated heterocycles. The van der Waals surface area contributed by atoms with Crippen LogP contribution in [0.5, 0.6) is 0 Å². The highest BCUT2D eigenvalue weighted by Crippen LogP contribution is 2.30. The maximum atomic E-state index is 12.2. The third kappa shape index (κ3) is 2.22. The van der Waals surface area contributed by atoms with Gasteiger partial charge in [0.2, 0.25) is 0 Å². The van der Waals surface area contributed by atoms with Crippen LogP contribution in [0.1, 0.15) is 17.7 Å². The maximum Gasteiger partial charge on any atom is 0.322 e. The molecule has 1 aliphatic rings. The molecule has 1 atom stereocenters. The molecule has 0 amide bonds. The van der Waals surface area contributed by atoms with E-state index in [4.69, 9.17) is 5.11 Å². The van der Waals surface area contributed by atoms with Gasteiger partial charge in [-0.15, -0.1) is 11.3 Å². The summed E-state index contributed by atoms with van der Waals surface area (Å²) >= 11 is 1.17. The van der Waals surface area contributed by atoms with E-state index in [2.05, 4.69) is 0 Å². The number of thiophene rings is 1. The maximum absolute atomic E-state index is 12.2. The Bertz CT molecular complexity index is 534. The van der Waals surface area contributed by atoms with Gasteiger partial charge in [0, 0.05) is 11.4 Å². The Balaban J connectivity index is 2.36. The highest BCUT2D eigenvalue weighted by Gasteiger charge is 2.39. The Morgan fingerprint density at radius 3 is 2.76 bits per heavy atom. The predicted octanol–water partition coefficient (Wildman–Crippen LogP) is 1.29. The number of sulfonamides is 1. The first-order valence-electron chi connectivity index (χ1n) is 5.24. The smallest absolute Gasteiger partial charge is 0.322 e. The molecule has 7 heteroatoms. The van der Waals surface area contributed by atoms with Crippen LogP contribution in [0, 0.1) is 6.92 Å². The lowest BCUT2D eigenvalue weighted by molar-refractivity contribution is -0.140. The van der Waals surface area contributed by atoms with E-state index in [-0.39, 0.29) is 10.8 Å². The molecular formula is C10H13NO4S2. The molecule has 0 bridgehead atoms. The molecule has 2 rings (SSSR count). The second-order valence-electron chi connectivity index (χ2n) is 3.98. The van der Waals surface area contributed by atoms with Crippen LogP contribution in [0.25, 0.3) is 0 Å². The van der Waals surface area contributed by atoms with Crippen molar-refractivity contribution < 1.29 is 18.3 Å². The zero-order valence-corrected chi connectivity index (χ0v) is 10.9. The van der Waals surface area contributed by atoms with E-state index in [1.165, 1.54) is 17.4 Å². The number of nitrogens with zero attached hydrogens (tertiary/aromatic N) is 1. The first-order valence-corrected chi connectivity index (χ1v) is 7.49. The van der Waals surface area contributed by atoms with E-state index >= 15 is 0 Å². The molecule has 0 saturated carbocycles. The third-order valence-corrected chi connectivity index (χ3v) is 6.14. The van der Waals surface area contributed by atoms with E-state index in [1.54, 1.807) is 6.07 Å². The molecule has 1 fully saturated rings. The largest absolute Gasteiger partial charge is 0.480 e. The van der Waals surface area contributed by atoms with Crippen molar-refractivity contribution in [3.63, 3.8) is 0 Å². The second-order valence-corrected chi connectivity index (χ2v) is 7.38. The zero-order chi connectivity index (χ0) is 12.6. The molecule has 5 nitrogen and oxygen atoms in total. The molecule has 17 heavy (non-hydrogen) atoms. The number of hydrogen-bond donors (Lipinski definition) is 1. The molecule has 0 unspecified atom stereocenters. The molecular weight excluding hydrogens is 262 g/mol. The minimum Gasteiger partial charge on any atom is -0.480 e. The molecule has 94 valence electrons. The molecule has 1 N–H and O–H groups in total. The summed E-state index contributed by atoms with van der Waals surface area (Å²) in [6.07, 6.45) is 0.986. The predicted molar refractivity (Wildman–Crippen MR) is 63.6 cm³/mol. The van der Waals surface area contributed by atoms with Crippen LogP contribution in [0.4, 0.5) is 0 Å². The Morgan fingerprint density at radius 1 is 1.53 bits per heavy atom. The monoisotopic (exact) mass is 275 g/mol. The summed E-state index contributed by atoms with van der Waals surface area (Å²) in [5, 5.41) is 9.00. The van der Waals surface area contributed by atoms with Crippen molar-refractivity contribution in [3.8, 4) is 0 Å². The molecule has 0 aromatic carbocycles. The fourth-order valence-corrected chi connectivity index (χ4v) is 5.00. The van der Waals surface area contributed by atoms with Crippen molar-refractivity contribution in [3.05, 3.63) is 17.0 Å². The number of rotatable bonds is 3. The molecule has 0 aliphatic carbocycles. The normalized spacial score (nSPS) is 21.8. The fourth-order valence-electron chi connectivity index (χ4n) is 1.94. The Hall–Kier alpha value is -0.920. The van der Waals surface area contributed by atoms with Crippen LogP contribution in [0.15, 0.2) is 16.3 Å². The minimum absolute atomic E-state index is 0.225. The topological polar surface area (TPSA) is 74.7 Å². The van der Waals surface area contributed by atoms with Crippen LogP contribution in [0.3, 0.4) is 0 Å². The number of hydrogen-bond acceptors (Lipinski definition) is 4. The molecule has 0 spiro atoms.